The summed E-state index contributed by atoms with van der Waals surface area (Å²) in [6, 6.07) is 11.5. The second-order valence-corrected chi connectivity index (χ2v) is 4.93. The van der Waals surface area contributed by atoms with Crippen molar-refractivity contribution in [1.82, 2.24) is 20.6 Å². The number of rotatable bonds is 7. The van der Waals surface area contributed by atoms with Crippen LogP contribution in [0.15, 0.2) is 47.6 Å². The third-order valence-electron chi connectivity index (χ3n) is 3.22. The molecule has 0 saturated heterocycles. The van der Waals surface area contributed by atoms with Crippen molar-refractivity contribution >= 4 is 12.2 Å². The molecule has 0 aliphatic heterocycles. The van der Waals surface area contributed by atoms with Gasteiger partial charge in [0, 0.05) is 0 Å². The zero-order valence-corrected chi connectivity index (χ0v) is 13.3. The largest absolute Gasteiger partial charge is 0.493 e. The van der Waals surface area contributed by atoms with Crippen molar-refractivity contribution in [3.8, 4) is 11.5 Å². The molecule has 0 aliphatic carbocycles. The van der Waals surface area contributed by atoms with E-state index in [1.807, 2.05) is 6.07 Å². The first kappa shape index (κ1) is 16.4. The molecule has 8 nitrogen and oxygen atoms in total. The predicted octanol–water partition coefficient (Wildman–Crippen LogP) is 2.37. The zero-order valence-electron chi connectivity index (χ0n) is 13.3. The number of benzene rings is 2. The van der Waals surface area contributed by atoms with Gasteiger partial charge in [-0.2, -0.15) is 10.3 Å². The highest BCUT2D eigenvalue weighted by atomic mass is 19.1. The van der Waals surface area contributed by atoms with E-state index in [0.717, 1.165) is 11.1 Å². The van der Waals surface area contributed by atoms with E-state index in [1.54, 1.807) is 37.6 Å². The Morgan fingerprint density at radius 1 is 1.20 bits per heavy atom. The summed E-state index contributed by atoms with van der Waals surface area (Å²) in [7, 11) is 1.55. The van der Waals surface area contributed by atoms with E-state index in [4.69, 9.17) is 9.47 Å². The van der Waals surface area contributed by atoms with Gasteiger partial charge in [-0.3, -0.25) is 0 Å². The number of hydrogen-bond donors (Lipinski definition) is 2. The highest BCUT2D eigenvalue weighted by Gasteiger charge is 2.06. The third kappa shape index (κ3) is 4.50. The Morgan fingerprint density at radius 3 is 2.76 bits per heavy atom. The fourth-order valence-electron chi connectivity index (χ4n) is 2.00. The van der Waals surface area contributed by atoms with Crippen molar-refractivity contribution in [2.45, 2.75) is 6.61 Å². The molecule has 0 spiro atoms. The number of hydrazone groups is 1. The predicted molar refractivity (Wildman–Crippen MR) is 89.1 cm³/mol. The van der Waals surface area contributed by atoms with Crippen LogP contribution in [0.3, 0.4) is 0 Å². The number of anilines is 1. The van der Waals surface area contributed by atoms with Crippen LogP contribution >= 0.6 is 0 Å². The van der Waals surface area contributed by atoms with Crippen molar-refractivity contribution in [3.63, 3.8) is 0 Å². The van der Waals surface area contributed by atoms with Gasteiger partial charge in [-0.1, -0.05) is 17.2 Å². The monoisotopic (exact) mass is 342 g/mol. The van der Waals surface area contributed by atoms with Gasteiger partial charge in [-0.15, -0.1) is 5.10 Å². The van der Waals surface area contributed by atoms with E-state index in [2.05, 4.69) is 31.2 Å². The molecule has 3 aromatic rings. The summed E-state index contributed by atoms with van der Waals surface area (Å²) in [5.41, 5.74) is 4.28. The van der Waals surface area contributed by atoms with Crippen LogP contribution in [0.25, 0.3) is 0 Å². The van der Waals surface area contributed by atoms with Crippen molar-refractivity contribution in [3.05, 3.63) is 59.4 Å². The minimum Gasteiger partial charge on any atom is -0.493 e. The first-order valence-corrected chi connectivity index (χ1v) is 7.32. The summed E-state index contributed by atoms with van der Waals surface area (Å²) in [6.45, 7) is 0.309. The highest BCUT2D eigenvalue weighted by Crippen LogP contribution is 2.28. The molecule has 0 atom stereocenters. The molecule has 0 unspecified atom stereocenters. The van der Waals surface area contributed by atoms with Crippen LogP contribution in [-0.4, -0.2) is 33.9 Å². The molecule has 0 amide bonds. The summed E-state index contributed by atoms with van der Waals surface area (Å²) in [5.74, 6) is 1.13. The SMILES string of the molecule is COc1cc(/C=N\Nc2nn[nH]n2)ccc1OCc1ccc(F)cc1. The standard InChI is InChI=1S/C16H15FN6O2/c1-24-15-8-12(9-18-19-16-20-22-23-21-16)4-7-14(15)25-10-11-2-5-13(17)6-3-11/h2-9H,10H2,1H3,(H2,19,20,21,22,23)/b18-9-. The number of nitrogens with one attached hydrogen (secondary N) is 2. The lowest BCUT2D eigenvalue weighted by molar-refractivity contribution is 0.284. The van der Waals surface area contributed by atoms with Crippen LogP contribution in [0.2, 0.25) is 0 Å². The van der Waals surface area contributed by atoms with Crippen LogP contribution in [0.1, 0.15) is 11.1 Å². The van der Waals surface area contributed by atoms with Crippen molar-refractivity contribution in [1.29, 1.82) is 0 Å². The molecule has 0 radical (unpaired) electrons. The maximum absolute atomic E-state index is 12.9. The van der Waals surface area contributed by atoms with Crippen molar-refractivity contribution in [2.24, 2.45) is 5.10 Å². The van der Waals surface area contributed by atoms with E-state index < -0.39 is 0 Å². The van der Waals surface area contributed by atoms with Gasteiger partial charge in [0.2, 0.25) is 0 Å². The molecular weight excluding hydrogens is 327 g/mol. The van der Waals surface area contributed by atoms with Crippen LogP contribution in [-0.2, 0) is 6.61 Å². The molecule has 1 heterocycles. The molecule has 0 aliphatic rings. The van der Waals surface area contributed by atoms with E-state index >= 15 is 0 Å². The second kappa shape index (κ2) is 7.86. The fourth-order valence-corrected chi connectivity index (χ4v) is 2.00. The number of nitrogens with zero attached hydrogens (tertiary/aromatic N) is 4. The first-order valence-electron chi connectivity index (χ1n) is 7.32. The molecule has 25 heavy (non-hydrogen) atoms. The zero-order chi connectivity index (χ0) is 17.5. The van der Waals surface area contributed by atoms with Gasteiger partial charge >= 0.3 is 0 Å². The minimum absolute atomic E-state index is 0.266. The maximum Gasteiger partial charge on any atom is 0.283 e. The number of H-pyrrole nitrogens is 1. The number of aromatic amines is 1. The topological polar surface area (TPSA) is 97.3 Å². The lowest BCUT2D eigenvalue weighted by atomic mass is 10.2. The van der Waals surface area contributed by atoms with E-state index in [0.29, 0.717) is 18.1 Å². The fraction of sp³-hybridized carbons (Fsp3) is 0.125. The molecule has 1 aromatic heterocycles. The molecule has 0 fully saturated rings. The average molecular weight is 342 g/mol. The Kier molecular flexibility index (Phi) is 5.15. The van der Waals surface area contributed by atoms with E-state index in [9.17, 15) is 4.39 Å². The second-order valence-electron chi connectivity index (χ2n) is 4.93. The van der Waals surface area contributed by atoms with Gasteiger partial charge in [0.05, 0.1) is 13.3 Å². The van der Waals surface area contributed by atoms with Gasteiger partial charge in [0.15, 0.2) is 11.5 Å². The molecular formula is C16H15FN6O2. The first-order chi connectivity index (χ1) is 12.2. The third-order valence-corrected chi connectivity index (χ3v) is 3.22. The Morgan fingerprint density at radius 2 is 2.04 bits per heavy atom. The molecule has 0 saturated carbocycles. The van der Waals surface area contributed by atoms with Crippen molar-refractivity contribution in [2.75, 3.05) is 12.5 Å². The summed E-state index contributed by atoms with van der Waals surface area (Å²) in [4.78, 5) is 0. The lowest BCUT2D eigenvalue weighted by Crippen LogP contribution is -1.99. The highest BCUT2D eigenvalue weighted by molar-refractivity contribution is 5.81. The molecule has 3 rings (SSSR count). The Labute approximate surface area is 142 Å². The number of halogens is 1. The van der Waals surface area contributed by atoms with Crippen molar-refractivity contribution < 1.29 is 13.9 Å². The maximum atomic E-state index is 12.9. The van der Waals surface area contributed by atoms with E-state index in [1.165, 1.54) is 12.1 Å². The van der Waals surface area contributed by atoms with Crippen LogP contribution in [0.4, 0.5) is 10.3 Å². The quantitative estimate of drug-likeness (QED) is 0.505. The van der Waals surface area contributed by atoms with E-state index in [-0.39, 0.29) is 11.8 Å². The number of tetrazole rings is 1. The van der Waals surface area contributed by atoms with Gasteiger partial charge < -0.3 is 9.47 Å². The van der Waals surface area contributed by atoms with Gasteiger partial charge in [0.25, 0.3) is 5.95 Å². The van der Waals surface area contributed by atoms with Crippen LogP contribution < -0.4 is 14.9 Å². The number of methoxy groups -OCH3 is 1. The smallest absolute Gasteiger partial charge is 0.283 e. The summed E-state index contributed by atoms with van der Waals surface area (Å²) in [6.07, 6.45) is 1.59. The number of hydrogen-bond acceptors (Lipinski definition) is 7. The number of aromatic nitrogens is 4. The molecule has 128 valence electrons. The summed E-state index contributed by atoms with van der Waals surface area (Å²) in [5, 5.41) is 17.1. The molecule has 2 aromatic carbocycles. The Hall–Kier alpha value is -3.49. The molecule has 9 heteroatoms. The van der Waals surface area contributed by atoms with Gasteiger partial charge in [-0.25, -0.2) is 9.82 Å². The molecule has 0 bridgehead atoms. The average Bonchev–Trinajstić information content (AvgIpc) is 3.15. The molecule has 2 N–H and O–H groups in total. The summed E-state index contributed by atoms with van der Waals surface area (Å²) >= 11 is 0. The Balaban J connectivity index is 1.64. The van der Waals surface area contributed by atoms with Gasteiger partial charge in [-0.05, 0) is 46.7 Å². The summed E-state index contributed by atoms with van der Waals surface area (Å²) < 4.78 is 24.0. The Bertz CT molecular complexity index is 836. The normalized spacial score (nSPS) is 10.8. The van der Waals surface area contributed by atoms with Gasteiger partial charge in [0.1, 0.15) is 12.4 Å². The minimum atomic E-state index is -0.278. The van der Waals surface area contributed by atoms with Crippen LogP contribution in [0.5, 0.6) is 11.5 Å². The lowest BCUT2D eigenvalue weighted by Gasteiger charge is -2.11. The number of ether oxygens (including phenoxy) is 2. The van der Waals surface area contributed by atoms with Crippen LogP contribution in [0, 0.1) is 5.82 Å².